The van der Waals surface area contributed by atoms with Gasteiger partial charge in [0.15, 0.2) is 0 Å². The average molecular weight is 437 g/mol. The third-order valence-electron chi connectivity index (χ3n) is 6.26. The van der Waals surface area contributed by atoms with Crippen LogP contribution in [0.4, 0.5) is 11.4 Å². The van der Waals surface area contributed by atoms with Crippen molar-refractivity contribution >= 4 is 17.3 Å². The summed E-state index contributed by atoms with van der Waals surface area (Å²) in [5.74, 6) is 0.845. The molecule has 1 fully saturated rings. The number of benzene rings is 2. The quantitative estimate of drug-likeness (QED) is 0.531. The summed E-state index contributed by atoms with van der Waals surface area (Å²) in [5.41, 5.74) is 4.76. The van der Waals surface area contributed by atoms with Gasteiger partial charge in [-0.05, 0) is 35.1 Å². The second-order valence-corrected chi connectivity index (χ2v) is 9.33. The molecule has 1 aliphatic heterocycles. The number of piperazine rings is 1. The summed E-state index contributed by atoms with van der Waals surface area (Å²) in [6.07, 6.45) is 0.492. The number of nitrogens with one attached hydrogen (secondary N) is 2. The van der Waals surface area contributed by atoms with Gasteiger partial charge in [-0.1, -0.05) is 64.1 Å². The lowest BCUT2D eigenvalue weighted by Gasteiger charge is -2.36. The molecular formula is C27H40N4O. The Balaban J connectivity index is 1.37. The summed E-state index contributed by atoms with van der Waals surface area (Å²) < 4.78 is 0. The molecule has 1 aliphatic rings. The molecule has 0 atom stereocenters. The highest BCUT2D eigenvalue weighted by molar-refractivity contribution is 5.92. The van der Waals surface area contributed by atoms with E-state index in [0.717, 1.165) is 45.0 Å². The number of amides is 1. The van der Waals surface area contributed by atoms with Crippen LogP contribution in [0.1, 0.15) is 57.1 Å². The van der Waals surface area contributed by atoms with E-state index >= 15 is 0 Å². The Bertz CT molecular complexity index is 816. The van der Waals surface area contributed by atoms with Crippen LogP contribution >= 0.6 is 0 Å². The van der Waals surface area contributed by atoms with E-state index in [1.54, 1.807) is 0 Å². The lowest BCUT2D eigenvalue weighted by molar-refractivity contribution is -0.116. The van der Waals surface area contributed by atoms with E-state index < -0.39 is 0 Å². The number of carbonyl (C=O) groups is 1. The number of para-hydroxylation sites is 2. The number of rotatable bonds is 10. The summed E-state index contributed by atoms with van der Waals surface area (Å²) in [6.45, 7) is 15.7. The summed E-state index contributed by atoms with van der Waals surface area (Å²) >= 11 is 0. The molecule has 2 N–H and O–H groups in total. The highest BCUT2D eigenvalue weighted by atomic mass is 16.1. The molecule has 5 nitrogen and oxygen atoms in total. The van der Waals surface area contributed by atoms with Gasteiger partial charge in [-0.15, -0.1) is 0 Å². The van der Waals surface area contributed by atoms with Crippen molar-refractivity contribution in [1.29, 1.82) is 0 Å². The molecule has 1 amide bonds. The fourth-order valence-electron chi connectivity index (χ4n) is 4.33. The van der Waals surface area contributed by atoms with E-state index in [-0.39, 0.29) is 5.91 Å². The molecule has 0 aliphatic carbocycles. The molecule has 0 radical (unpaired) electrons. The van der Waals surface area contributed by atoms with Crippen LogP contribution in [-0.4, -0.2) is 56.6 Å². The van der Waals surface area contributed by atoms with Crippen LogP contribution < -0.4 is 15.5 Å². The first kappa shape index (κ1) is 24.3. The van der Waals surface area contributed by atoms with Crippen LogP contribution in [0.25, 0.3) is 0 Å². The van der Waals surface area contributed by atoms with Gasteiger partial charge < -0.3 is 15.5 Å². The zero-order valence-corrected chi connectivity index (χ0v) is 20.2. The summed E-state index contributed by atoms with van der Waals surface area (Å²) in [7, 11) is 0. The maximum Gasteiger partial charge on any atom is 0.225 e. The predicted molar refractivity (Wildman–Crippen MR) is 136 cm³/mol. The minimum atomic E-state index is 0.0870. The van der Waals surface area contributed by atoms with Gasteiger partial charge in [0.25, 0.3) is 0 Å². The van der Waals surface area contributed by atoms with Crippen molar-refractivity contribution in [3.05, 3.63) is 59.7 Å². The minimum absolute atomic E-state index is 0.0870. The highest BCUT2D eigenvalue weighted by Crippen LogP contribution is 2.32. The van der Waals surface area contributed by atoms with Gasteiger partial charge in [-0.3, -0.25) is 9.69 Å². The molecule has 5 heteroatoms. The van der Waals surface area contributed by atoms with Crippen LogP contribution in [0.3, 0.4) is 0 Å². The number of nitrogens with zero attached hydrogens (tertiary/aromatic N) is 2. The SMILES string of the molecule is CC(C)c1cccc(C(C)C)c1NC(=O)CCNCCN1CCN(c2ccccc2)CC1. The molecule has 0 bridgehead atoms. The van der Waals surface area contributed by atoms with Crippen LogP contribution in [-0.2, 0) is 4.79 Å². The molecule has 3 rings (SSSR count). The minimum Gasteiger partial charge on any atom is -0.369 e. The number of hydrogen-bond donors (Lipinski definition) is 2. The van der Waals surface area contributed by atoms with Gasteiger partial charge in [0.1, 0.15) is 0 Å². The summed E-state index contributed by atoms with van der Waals surface area (Å²) in [5, 5.41) is 6.66. The first-order chi connectivity index (χ1) is 15.5. The topological polar surface area (TPSA) is 47.6 Å². The van der Waals surface area contributed by atoms with Crippen molar-refractivity contribution in [2.75, 3.05) is 56.0 Å². The average Bonchev–Trinajstić information content (AvgIpc) is 2.79. The molecule has 0 spiro atoms. The second-order valence-electron chi connectivity index (χ2n) is 9.33. The largest absolute Gasteiger partial charge is 0.369 e. The van der Waals surface area contributed by atoms with E-state index in [1.807, 2.05) is 0 Å². The van der Waals surface area contributed by atoms with E-state index in [9.17, 15) is 4.79 Å². The molecule has 2 aromatic rings. The van der Waals surface area contributed by atoms with Crippen molar-refractivity contribution in [1.82, 2.24) is 10.2 Å². The van der Waals surface area contributed by atoms with E-state index in [2.05, 4.69) is 96.7 Å². The Morgan fingerprint density at radius 1 is 0.844 bits per heavy atom. The monoisotopic (exact) mass is 436 g/mol. The Kier molecular flexibility index (Phi) is 9.12. The Labute approximate surface area is 194 Å². The van der Waals surface area contributed by atoms with Crippen LogP contribution in [0.15, 0.2) is 48.5 Å². The van der Waals surface area contributed by atoms with Gasteiger partial charge in [-0.2, -0.15) is 0 Å². The number of hydrogen-bond acceptors (Lipinski definition) is 4. The second kappa shape index (κ2) is 12.0. The van der Waals surface area contributed by atoms with Crippen molar-refractivity contribution in [3.63, 3.8) is 0 Å². The maximum atomic E-state index is 12.6. The highest BCUT2D eigenvalue weighted by Gasteiger charge is 2.17. The molecular weight excluding hydrogens is 396 g/mol. The first-order valence-electron chi connectivity index (χ1n) is 12.1. The van der Waals surface area contributed by atoms with Crippen LogP contribution in [0.5, 0.6) is 0 Å². The Hall–Kier alpha value is -2.37. The lowest BCUT2D eigenvalue weighted by Crippen LogP contribution is -2.48. The molecule has 32 heavy (non-hydrogen) atoms. The molecule has 174 valence electrons. The zero-order chi connectivity index (χ0) is 22.9. The fourth-order valence-corrected chi connectivity index (χ4v) is 4.33. The summed E-state index contributed by atoms with van der Waals surface area (Å²) in [4.78, 5) is 17.6. The molecule has 1 heterocycles. The van der Waals surface area contributed by atoms with E-state index in [4.69, 9.17) is 0 Å². The number of anilines is 2. The van der Waals surface area contributed by atoms with E-state index in [0.29, 0.717) is 24.8 Å². The van der Waals surface area contributed by atoms with Gasteiger partial charge in [-0.25, -0.2) is 0 Å². The summed E-state index contributed by atoms with van der Waals surface area (Å²) in [6, 6.07) is 17.0. The standard InChI is InChI=1S/C27H40N4O/c1-21(2)24-11-8-12-25(22(3)4)27(24)29-26(32)13-14-28-15-16-30-17-19-31(20-18-30)23-9-6-5-7-10-23/h5-12,21-22,28H,13-20H2,1-4H3,(H,29,32). The normalized spacial score (nSPS) is 14.9. The van der Waals surface area contributed by atoms with Crippen molar-refractivity contribution in [2.45, 2.75) is 46.0 Å². The van der Waals surface area contributed by atoms with Crippen LogP contribution in [0.2, 0.25) is 0 Å². The van der Waals surface area contributed by atoms with Gasteiger partial charge in [0.05, 0.1) is 0 Å². The molecule has 0 unspecified atom stereocenters. The molecule has 1 saturated heterocycles. The Morgan fingerprint density at radius 3 is 2.06 bits per heavy atom. The third-order valence-corrected chi connectivity index (χ3v) is 6.26. The van der Waals surface area contributed by atoms with Gasteiger partial charge in [0, 0.05) is 63.6 Å². The van der Waals surface area contributed by atoms with Crippen molar-refractivity contribution in [3.8, 4) is 0 Å². The van der Waals surface area contributed by atoms with E-state index in [1.165, 1.54) is 16.8 Å². The van der Waals surface area contributed by atoms with Gasteiger partial charge >= 0.3 is 0 Å². The predicted octanol–water partition coefficient (Wildman–Crippen LogP) is 4.67. The van der Waals surface area contributed by atoms with Crippen molar-refractivity contribution < 1.29 is 4.79 Å². The lowest BCUT2D eigenvalue weighted by atomic mass is 9.92. The molecule has 0 saturated carbocycles. The van der Waals surface area contributed by atoms with Crippen LogP contribution in [0, 0.1) is 0 Å². The first-order valence-corrected chi connectivity index (χ1v) is 12.1. The van der Waals surface area contributed by atoms with Crippen molar-refractivity contribution in [2.24, 2.45) is 0 Å². The smallest absolute Gasteiger partial charge is 0.225 e. The maximum absolute atomic E-state index is 12.6. The Morgan fingerprint density at radius 2 is 1.47 bits per heavy atom. The fraction of sp³-hybridized carbons (Fsp3) is 0.519. The van der Waals surface area contributed by atoms with Gasteiger partial charge in [0.2, 0.25) is 5.91 Å². The number of carbonyl (C=O) groups excluding carboxylic acids is 1. The third kappa shape index (κ3) is 6.81. The molecule has 0 aromatic heterocycles. The molecule has 2 aromatic carbocycles. The zero-order valence-electron chi connectivity index (χ0n) is 20.2.